The van der Waals surface area contributed by atoms with Gasteiger partial charge in [0.15, 0.2) is 0 Å². The summed E-state index contributed by atoms with van der Waals surface area (Å²) in [5.74, 6) is 0.454. The van der Waals surface area contributed by atoms with E-state index in [1.807, 2.05) is 0 Å². The van der Waals surface area contributed by atoms with Crippen LogP contribution >= 0.6 is 0 Å². The quantitative estimate of drug-likeness (QED) is 0.585. The standard InChI is InChI=1S/C18H20N4O4/c1-12(21-22-18(24)13-5-4-6-19-11-13)7-17(23)20-14-8-15(25-2)10-16(9-14)26-3/h4-6,8-11H,7H2,1-3H3,(H,20,23)(H,22,24)/b21-12-. The van der Waals surface area contributed by atoms with Crippen LogP contribution in [0.25, 0.3) is 0 Å². The van der Waals surface area contributed by atoms with Gasteiger partial charge < -0.3 is 14.8 Å². The van der Waals surface area contributed by atoms with Crippen molar-refractivity contribution in [1.82, 2.24) is 10.4 Å². The number of nitrogens with one attached hydrogen (secondary N) is 2. The van der Waals surface area contributed by atoms with Gasteiger partial charge in [0.25, 0.3) is 5.91 Å². The van der Waals surface area contributed by atoms with Gasteiger partial charge in [-0.05, 0) is 19.1 Å². The van der Waals surface area contributed by atoms with Crippen molar-refractivity contribution in [3.63, 3.8) is 0 Å². The summed E-state index contributed by atoms with van der Waals surface area (Å²) in [7, 11) is 3.06. The molecular formula is C18H20N4O4. The Labute approximate surface area is 151 Å². The molecule has 2 amide bonds. The van der Waals surface area contributed by atoms with Crippen LogP contribution in [0.2, 0.25) is 0 Å². The first kappa shape index (κ1) is 18.9. The Morgan fingerprint density at radius 1 is 1.15 bits per heavy atom. The minimum Gasteiger partial charge on any atom is -0.497 e. The lowest BCUT2D eigenvalue weighted by Crippen LogP contribution is -2.21. The lowest BCUT2D eigenvalue weighted by atomic mass is 10.2. The molecule has 0 bridgehead atoms. The Morgan fingerprint density at radius 2 is 1.85 bits per heavy atom. The van der Waals surface area contributed by atoms with E-state index in [-0.39, 0.29) is 12.3 Å². The van der Waals surface area contributed by atoms with E-state index in [0.717, 1.165) is 0 Å². The van der Waals surface area contributed by atoms with Crippen LogP contribution in [0.4, 0.5) is 5.69 Å². The number of anilines is 1. The van der Waals surface area contributed by atoms with Gasteiger partial charge in [0, 0.05) is 42.0 Å². The molecule has 0 aliphatic heterocycles. The first-order valence-corrected chi connectivity index (χ1v) is 7.78. The highest BCUT2D eigenvalue weighted by atomic mass is 16.5. The van der Waals surface area contributed by atoms with Crippen LogP contribution in [0.5, 0.6) is 11.5 Å². The van der Waals surface area contributed by atoms with Crippen molar-refractivity contribution in [2.75, 3.05) is 19.5 Å². The molecule has 0 saturated heterocycles. The number of hydrogen-bond acceptors (Lipinski definition) is 6. The second-order valence-electron chi connectivity index (χ2n) is 5.36. The third-order valence-electron chi connectivity index (χ3n) is 3.32. The van der Waals surface area contributed by atoms with Crippen molar-refractivity contribution >= 4 is 23.2 Å². The van der Waals surface area contributed by atoms with Gasteiger partial charge >= 0.3 is 0 Å². The second-order valence-corrected chi connectivity index (χ2v) is 5.36. The molecule has 26 heavy (non-hydrogen) atoms. The van der Waals surface area contributed by atoms with Crippen LogP contribution < -0.4 is 20.2 Å². The van der Waals surface area contributed by atoms with E-state index in [1.54, 1.807) is 43.5 Å². The first-order valence-electron chi connectivity index (χ1n) is 7.78. The highest BCUT2D eigenvalue weighted by molar-refractivity contribution is 6.06. The Bertz CT molecular complexity index is 784. The number of rotatable bonds is 7. The molecule has 1 heterocycles. The summed E-state index contributed by atoms with van der Waals surface area (Å²) < 4.78 is 10.3. The molecule has 0 aliphatic carbocycles. The van der Waals surface area contributed by atoms with Gasteiger partial charge in [0.2, 0.25) is 5.91 Å². The Morgan fingerprint density at radius 3 is 2.42 bits per heavy atom. The van der Waals surface area contributed by atoms with Crippen LogP contribution in [-0.2, 0) is 4.79 Å². The third kappa shape index (κ3) is 5.59. The molecule has 2 N–H and O–H groups in total. The molecule has 0 unspecified atom stereocenters. The fourth-order valence-electron chi connectivity index (χ4n) is 2.06. The summed E-state index contributed by atoms with van der Waals surface area (Å²) in [6.07, 6.45) is 3.03. The average Bonchev–Trinajstić information content (AvgIpc) is 2.66. The molecule has 0 spiro atoms. The fraction of sp³-hybridized carbons (Fsp3) is 0.222. The monoisotopic (exact) mass is 356 g/mol. The van der Waals surface area contributed by atoms with Gasteiger partial charge in [-0.15, -0.1) is 0 Å². The van der Waals surface area contributed by atoms with Crippen LogP contribution in [0, 0.1) is 0 Å². The molecule has 2 rings (SSSR count). The minimum atomic E-state index is -0.393. The van der Waals surface area contributed by atoms with Gasteiger partial charge in [0.05, 0.1) is 26.2 Å². The molecular weight excluding hydrogens is 336 g/mol. The zero-order valence-electron chi connectivity index (χ0n) is 14.8. The van der Waals surface area contributed by atoms with E-state index < -0.39 is 5.91 Å². The predicted molar refractivity (Wildman–Crippen MR) is 97.6 cm³/mol. The van der Waals surface area contributed by atoms with Crippen molar-refractivity contribution in [1.29, 1.82) is 0 Å². The number of aromatic nitrogens is 1. The molecule has 136 valence electrons. The summed E-state index contributed by atoms with van der Waals surface area (Å²) in [6, 6.07) is 8.34. The number of ether oxygens (including phenoxy) is 2. The maximum absolute atomic E-state index is 12.1. The van der Waals surface area contributed by atoms with Crippen molar-refractivity contribution in [3.05, 3.63) is 48.3 Å². The van der Waals surface area contributed by atoms with Crippen LogP contribution in [0.3, 0.4) is 0 Å². The van der Waals surface area contributed by atoms with Crippen molar-refractivity contribution in [2.45, 2.75) is 13.3 Å². The molecule has 1 aromatic carbocycles. The summed E-state index contributed by atoms with van der Waals surface area (Å²) in [5.41, 5.74) is 3.77. The van der Waals surface area contributed by atoms with Crippen molar-refractivity contribution in [3.8, 4) is 11.5 Å². The van der Waals surface area contributed by atoms with Gasteiger partial charge in [-0.1, -0.05) is 0 Å². The minimum absolute atomic E-state index is 0.0207. The topological polar surface area (TPSA) is 102 Å². The molecule has 0 aliphatic rings. The number of benzene rings is 1. The van der Waals surface area contributed by atoms with Crippen LogP contribution in [0.15, 0.2) is 47.8 Å². The molecule has 0 atom stereocenters. The zero-order chi connectivity index (χ0) is 18.9. The Balaban J connectivity index is 1.93. The largest absolute Gasteiger partial charge is 0.497 e. The summed E-state index contributed by atoms with van der Waals surface area (Å²) >= 11 is 0. The van der Waals surface area contributed by atoms with Crippen LogP contribution in [0.1, 0.15) is 23.7 Å². The highest BCUT2D eigenvalue weighted by Gasteiger charge is 2.09. The summed E-state index contributed by atoms with van der Waals surface area (Å²) in [5, 5.41) is 6.67. The maximum atomic E-state index is 12.1. The lowest BCUT2D eigenvalue weighted by Gasteiger charge is -2.10. The number of carbonyl (C=O) groups excluding carboxylic acids is 2. The van der Waals surface area contributed by atoms with Crippen molar-refractivity contribution < 1.29 is 19.1 Å². The number of nitrogens with zero attached hydrogens (tertiary/aromatic N) is 2. The first-order chi connectivity index (χ1) is 12.5. The van der Waals surface area contributed by atoms with Gasteiger partial charge in [-0.3, -0.25) is 14.6 Å². The van der Waals surface area contributed by atoms with Gasteiger partial charge in [0.1, 0.15) is 11.5 Å². The van der Waals surface area contributed by atoms with E-state index in [0.29, 0.717) is 28.5 Å². The SMILES string of the molecule is COc1cc(NC(=O)C/C(C)=N\NC(=O)c2cccnc2)cc(OC)c1. The van der Waals surface area contributed by atoms with Crippen molar-refractivity contribution in [2.24, 2.45) is 5.10 Å². The normalized spacial score (nSPS) is 10.8. The van der Waals surface area contributed by atoms with Gasteiger partial charge in [-0.2, -0.15) is 5.10 Å². The maximum Gasteiger partial charge on any atom is 0.272 e. The van der Waals surface area contributed by atoms with E-state index in [1.165, 1.54) is 20.4 Å². The zero-order valence-corrected chi connectivity index (χ0v) is 14.8. The Hall–Kier alpha value is -3.42. The number of hydrogen-bond donors (Lipinski definition) is 2. The third-order valence-corrected chi connectivity index (χ3v) is 3.32. The van der Waals surface area contributed by atoms with E-state index >= 15 is 0 Å². The predicted octanol–water partition coefficient (Wildman–Crippen LogP) is 2.23. The van der Waals surface area contributed by atoms with E-state index in [2.05, 4.69) is 20.8 Å². The fourth-order valence-corrected chi connectivity index (χ4v) is 2.06. The van der Waals surface area contributed by atoms with E-state index in [9.17, 15) is 9.59 Å². The number of pyridine rings is 1. The average molecular weight is 356 g/mol. The number of amides is 2. The molecule has 2 aromatic rings. The molecule has 8 nitrogen and oxygen atoms in total. The van der Waals surface area contributed by atoms with Gasteiger partial charge in [-0.25, -0.2) is 5.43 Å². The summed E-state index contributed by atoms with van der Waals surface area (Å²) in [4.78, 5) is 27.9. The number of hydrazone groups is 1. The molecule has 8 heteroatoms. The summed E-state index contributed by atoms with van der Waals surface area (Å²) in [6.45, 7) is 1.65. The highest BCUT2D eigenvalue weighted by Crippen LogP contribution is 2.25. The molecule has 0 fully saturated rings. The molecule has 1 aromatic heterocycles. The number of methoxy groups -OCH3 is 2. The Kier molecular flexibility index (Phi) is 6.67. The molecule has 0 radical (unpaired) electrons. The second kappa shape index (κ2) is 9.16. The van der Waals surface area contributed by atoms with Crippen LogP contribution in [-0.4, -0.2) is 36.7 Å². The lowest BCUT2D eigenvalue weighted by molar-refractivity contribution is -0.115. The number of carbonyl (C=O) groups is 2. The molecule has 0 saturated carbocycles. The van der Waals surface area contributed by atoms with E-state index in [4.69, 9.17) is 9.47 Å². The smallest absolute Gasteiger partial charge is 0.272 e.